The van der Waals surface area contributed by atoms with E-state index in [2.05, 4.69) is 10.2 Å². The molecule has 5 rings (SSSR count). The molecule has 2 heterocycles. The highest BCUT2D eigenvalue weighted by molar-refractivity contribution is 8.00. The van der Waals surface area contributed by atoms with Gasteiger partial charge in [-0.1, -0.05) is 77.2 Å². The Hall–Kier alpha value is -4.15. The quantitative estimate of drug-likeness (QED) is 0.0962. The molecule has 0 saturated carbocycles. The molecule has 198 valence electrons. The van der Waals surface area contributed by atoms with Crippen LogP contribution in [0, 0.1) is 13.8 Å². The van der Waals surface area contributed by atoms with Crippen molar-refractivity contribution in [3.8, 4) is 11.5 Å². The second kappa shape index (κ2) is 10.9. The van der Waals surface area contributed by atoms with Gasteiger partial charge in [0, 0.05) is 11.3 Å². The number of anilines is 1. The van der Waals surface area contributed by atoms with Crippen molar-refractivity contribution >= 4 is 45.7 Å². The Bertz CT molecular complexity index is 1600. The van der Waals surface area contributed by atoms with Crippen molar-refractivity contribution in [3.05, 3.63) is 100 Å². The molecule has 10 heteroatoms. The number of aromatic nitrogens is 2. The topological polar surface area (TPSA) is 113 Å². The fourth-order valence-electron chi connectivity index (χ4n) is 4.42. The first-order chi connectivity index (χ1) is 18.8. The van der Waals surface area contributed by atoms with E-state index in [1.165, 1.54) is 41.2 Å². The predicted octanol–water partition coefficient (Wildman–Crippen LogP) is 5.79. The molecule has 8 nitrogen and oxygen atoms in total. The molecule has 1 aliphatic rings. The molecule has 2 N–H and O–H groups in total. The lowest BCUT2D eigenvalue weighted by molar-refractivity contribution is -0.132. The summed E-state index contributed by atoms with van der Waals surface area (Å²) in [5, 5.41) is 30.4. The zero-order chi connectivity index (χ0) is 27.7. The van der Waals surface area contributed by atoms with Crippen LogP contribution in [0.15, 0.2) is 76.6 Å². The number of methoxy groups -OCH3 is 1. The Morgan fingerprint density at radius 1 is 1.05 bits per heavy atom. The smallest absolute Gasteiger partial charge is 0.301 e. The fourth-order valence-corrected chi connectivity index (χ4v) is 6.25. The zero-order valence-corrected chi connectivity index (χ0v) is 23.0. The number of Topliss-reactive ketones (excluding diaryl/α,β-unsaturated/α-hetero) is 1. The van der Waals surface area contributed by atoms with Gasteiger partial charge in [-0.2, -0.15) is 0 Å². The molecule has 0 bridgehead atoms. The highest BCUT2D eigenvalue weighted by Crippen LogP contribution is 2.45. The molecule has 0 spiro atoms. The molecule has 1 atom stereocenters. The Balaban J connectivity index is 1.61. The molecule has 1 aliphatic heterocycles. The van der Waals surface area contributed by atoms with Crippen LogP contribution in [0.1, 0.15) is 33.9 Å². The lowest BCUT2D eigenvalue weighted by atomic mass is 9.93. The van der Waals surface area contributed by atoms with Crippen LogP contribution in [-0.4, -0.2) is 39.2 Å². The standard InChI is InChI=1S/C29H25N3O5S2/c1-16-9-10-17(2)20(13-16)25(34)23-24(19-11-12-21(33)22(14-19)37-3)32(27(36)26(23)35)28-30-31-29(39-28)38-15-18-7-5-4-6-8-18/h4-14,24,33-34H,15H2,1-3H3. The Labute approximate surface area is 233 Å². The van der Waals surface area contributed by atoms with E-state index in [1.54, 1.807) is 18.2 Å². The third-order valence-electron chi connectivity index (χ3n) is 6.42. The summed E-state index contributed by atoms with van der Waals surface area (Å²) in [6, 6.07) is 19.0. The minimum absolute atomic E-state index is 0.0740. The van der Waals surface area contributed by atoms with E-state index in [4.69, 9.17) is 4.74 Å². The maximum absolute atomic E-state index is 13.5. The summed E-state index contributed by atoms with van der Waals surface area (Å²) < 4.78 is 5.92. The largest absolute Gasteiger partial charge is 0.507 e. The van der Waals surface area contributed by atoms with Crippen LogP contribution in [0.3, 0.4) is 0 Å². The second-order valence-corrected chi connectivity index (χ2v) is 11.2. The maximum atomic E-state index is 13.5. The van der Waals surface area contributed by atoms with Crippen LogP contribution in [0.5, 0.6) is 11.5 Å². The average molecular weight is 560 g/mol. The summed E-state index contributed by atoms with van der Waals surface area (Å²) >= 11 is 2.67. The number of hydrogen-bond acceptors (Lipinski definition) is 9. The number of aliphatic hydroxyl groups excluding tert-OH is 1. The third-order valence-corrected chi connectivity index (χ3v) is 8.55. The second-order valence-electron chi connectivity index (χ2n) is 9.04. The minimum Gasteiger partial charge on any atom is -0.507 e. The number of aliphatic hydroxyl groups is 1. The number of amides is 1. The van der Waals surface area contributed by atoms with E-state index in [9.17, 15) is 19.8 Å². The number of ketones is 1. The van der Waals surface area contributed by atoms with Crippen molar-refractivity contribution in [2.75, 3.05) is 12.0 Å². The molecule has 1 fully saturated rings. The highest BCUT2D eigenvalue weighted by Gasteiger charge is 2.48. The van der Waals surface area contributed by atoms with Crippen LogP contribution in [0.25, 0.3) is 5.76 Å². The van der Waals surface area contributed by atoms with E-state index in [0.29, 0.717) is 21.2 Å². The first-order valence-electron chi connectivity index (χ1n) is 12.0. The van der Waals surface area contributed by atoms with Gasteiger partial charge in [0.15, 0.2) is 15.8 Å². The highest BCUT2D eigenvalue weighted by atomic mass is 32.2. The number of carbonyl (C=O) groups excluding carboxylic acids is 2. The number of phenolic OH excluding ortho intramolecular Hbond substituents is 1. The summed E-state index contributed by atoms with van der Waals surface area (Å²) in [6.07, 6.45) is 0. The number of nitrogens with zero attached hydrogens (tertiary/aromatic N) is 3. The van der Waals surface area contributed by atoms with Gasteiger partial charge in [0.1, 0.15) is 5.76 Å². The normalized spacial score (nSPS) is 16.6. The fraction of sp³-hybridized carbons (Fsp3) is 0.172. The molecule has 0 aliphatic carbocycles. The monoisotopic (exact) mass is 559 g/mol. The Morgan fingerprint density at radius 3 is 2.56 bits per heavy atom. The van der Waals surface area contributed by atoms with Crippen molar-refractivity contribution in [2.24, 2.45) is 0 Å². The molecular formula is C29H25N3O5S2. The SMILES string of the molecule is COc1cc(C2C(=C(O)c3cc(C)ccc3C)C(=O)C(=O)N2c2nnc(SCc3ccccc3)s2)ccc1O. The zero-order valence-electron chi connectivity index (χ0n) is 21.4. The third kappa shape index (κ3) is 5.13. The first-order valence-corrected chi connectivity index (χ1v) is 13.8. The van der Waals surface area contributed by atoms with Gasteiger partial charge in [0.25, 0.3) is 5.78 Å². The number of aromatic hydroxyl groups is 1. The average Bonchev–Trinajstić information content (AvgIpc) is 3.51. The van der Waals surface area contributed by atoms with Gasteiger partial charge in [0.05, 0.1) is 18.7 Å². The molecule has 1 unspecified atom stereocenters. The van der Waals surface area contributed by atoms with Crippen LogP contribution < -0.4 is 9.64 Å². The number of ether oxygens (including phenoxy) is 1. The number of thioether (sulfide) groups is 1. The van der Waals surface area contributed by atoms with Gasteiger partial charge >= 0.3 is 5.91 Å². The lowest BCUT2D eigenvalue weighted by Crippen LogP contribution is -2.29. The van der Waals surface area contributed by atoms with Gasteiger partial charge in [-0.05, 0) is 48.7 Å². The number of benzene rings is 3. The van der Waals surface area contributed by atoms with E-state index < -0.39 is 17.7 Å². The molecular weight excluding hydrogens is 534 g/mol. The van der Waals surface area contributed by atoms with Gasteiger partial charge in [-0.15, -0.1) is 10.2 Å². The summed E-state index contributed by atoms with van der Waals surface area (Å²) in [5.74, 6) is -1.20. The molecule has 4 aromatic rings. The van der Waals surface area contributed by atoms with E-state index in [0.717, 1.165) is 16.7 Å². The molecule has 39 heavy (non-hydrogen) atoms. The first kappa shape index (κ1) is 26.5. The minimum atomic E-state index is -1.01. The van der Waals surface area contributed by atoms with Gasteiger partial charge in [-0.25, -0.2) is 0 Å². The summed E-state index contributed by atoms with van der Waals surface area (Å²) in [4.78, 5) is 28.2. The lowest BCUT2D eigenvalue weighted by Gasteiger charge is -2.23. The van der Waals surface area contributed by atoms with Crippen molar-refractivity contribution < 1.29 is 24.5 Å². The van der Waals surface area contributed by atoms with Crippen LogP contribution >= 0.6 is 23.1 Å². The van der Waals surface area contributed by atoms with Crippen molar-refractivity contribution in [1.82, 2.24) is 10.2 Å². The Kier molecular flexibility index (Phi) is 7.40. The summed E-state index contributed by atoms with van der Waals surface area (Å²) in [6.45, 7) is 3.71. The van der Waals surface area contributed by atoms with E-state index in [1.807, 2.05) is 56.3 Å². The molecule has 3 aromatic carbocycles. The van der Waals surface area contributed by atoms with Gasteiger partial charge in [-0.3, -0.25) is 14.5 Å². The number of rotatable bonds is 7. The summed E-state index contributed by atoms with van der Waals surface area (Å²) in [5.41, 5.74) is 3.61. The van der Waals surface area contributed by atoms with Crippen molar-refractivity contribution in [3.63, 3.8) is 0 Å². The number of hydrogen-bond donors (Lipinski definition) is 2. The van der Waals surface area contributed by atoms with Crippen LogP contribution in [0.4, 0.5) is 5.13 Å². The van der Waals surface area contributed by atoms with Crippen LogP contribution in [-0.2, 0) is 15.3 Å². The molecule has 1 aromatic heterocycles. The van der Waals surface area contributed by atoms with Crippen molar-refractivity contribution in [2.45, 2.75) is 30.0 Å². The molecule has 1 saturated heterocycles. The van der Waals surface area contributed by atoms with Gasteiger partial charge in [0.2, 0.25) is 5.13 Å². The van der Waals surface area contributed by atoms with E-state index >= 15 is 0 Å². The number of aryl methyl sites for hydroxylation is 2. The Morgan fingerprint density at radius 2 is 1.82 bits per heavy atom. The van der Waals surface area contributed by atoms with Crippen LogP contribution in [0.2, 0.25) is 0 Å². The summed E-state index contributed by atoms with van der Waals surface area (Å²) in [7, 11) is 1.41. The number of carbonyl (C=O) groups is 2. The predicted molar refractivity (Wildman–Crippen MR) is 151 cm³/mol. The van der Waals surface area contributed by atoms with E-state index in [-0.39, 0.29) is 28.0 Å². The number of phenols is 1. The van der Waals surface area contributed by atoms with Gasteiger partial charge < -0.3 is 14.9 Å². The maximum Gasteiger partial charge on any atom is 0.301 e. The molecule has 1 amide bonds. The van der Waals surface area contributed by atoms with Crippen molar-refractivity contribution in [1.29, 1.82) is 0 Å². The molecule has 0 radical (unpaired) electrons.